The van der Waals surface area contributed by atoms with Gasteiger partial charge in [0.1, 0.15) is 6.10 Å². The molecule has 1 atom stereocenters. The van der Waals surface area contributed by atoms with E-state index < -0.39 is 36.4 Å². The normalized spacial score (nSPS) is 15.0. The fourth-order valence-corrected chi connectivity index (χ4v) is 1.13. The molecule has 0 heterocycles. The summed E-state index contributed by atoms with van der Waals surface area (Å²) >= 11 is 0. The average molecular weight is 294 g/mol. The number of hydrogen-bond donors (Lipinski definition) is 1. The number of halogens is 6. The first kappa shape index (κ1) is 17.8. The van der Waals surface area contributed by atoms with E-state index in [-0.39, 0.29) is 5.57 Å². The summed E-state index contributed by atoms with van der Waals surface area (Å²) in [6.45, 7) is 5.10. The van der Waals surface area contributed by atoms with Gasteiger partial charge >= 0.3 is 18.3 Å². The van der Waals surface area contributed by atoms with Crippen LogP contribution in [0.5, 0.6) is 0 Å². The van der Waals surface area contributed by atoms with Crippen molar-refractivity contribution < 1.29 is 41.0 Å². The summed E-state index contributed by atoms with van der Waals surface area (Å²) in [5, 5.41) is 8.84. The lowest BCUT2D eigenvalue weighted by molar-refractivity contribution is -0.373. The molecule has 0 rings (SSSR count). The molecule has 0 aromatic carbocycles. The van der Waals surface area contributed by atoms with Crippen molar-refractivity contribution in [1.82, 2.24) is 0 Å². The third-order valence-corrected chi connectivity index (χ3v) is 2.18. The van der Waals surface area contributed by atoms with Gasteiger partial charge in [0, 0.05) is 12.0 Å². The van der Waals surface area contributed by atoms with Crippen LogP contribution in [-0.2, 0) is 9.53 Å². The Morgan fingerprint density at radius 3 is 1.84 bits per heavy atom. The first-order valence-corrected chi connectivity index (χ1v) is 4.94. The molecular weight excluding hydrogens is 282 g/mol. The van der Waals surface area contributed by atoms with Crippen LogP contribution < -0.4 is 0 Å². The molecule has 0 radical (unpaired) electrons. The molecule has 0 saturated heterocycles. The van der Waals surface area contributed by atoms with Crippen LogP contribution in [-0.4, -0.2) is 35.1 Å². The zero-order valence-corrected chi connectivity index (χ0v) is 10.0. The second-order valence-electron chi connectivity index (χ2n) is 4.06. The molecule has 19 heavy (non-hydrogen) atoms. The Morgan fingerprint density at radius 1 is 1.21 bits per heavy atom. The summed E-state index contributed by atoms with van der Waals surface area (Å²) in [7, 11) is 0. The third-order valence-electron chi connectivity index (χ3n) is 2.18. The van der Waals surface area contributed by atoms with Crippen LogP contribution in [0.4, 0.5) is 26.3 Å². The smallest absolute Gasteiger partial charge is 0.426 e. The summed E-state index contributed by atoms with van der Waals surface area (Å²) in [6, 6.07) is 0. The Bertz CT molecular complexity index is 343. The van der Waals surface area contributed by atoms with Gasteiger partial charge in [0.2, 0.25) is 0 Å². The van der Waals surface area contributed by atoms with Crippen LogP contribution in [0.1, 0.15) is 20.3 Å². The van der Waals surface area contributed by atoms with Gasteiger partial charge in [-0.1, -0.05) is 6.58 Å². The molecule has 0 spiro atoms. The zero-order chi connectivity index (χ0) is 15.6. The van der Waals surface area contributed by atoms with Crippen LogP contribution in [0.2, 0.25) is 0 Å². The van der Waals surface area contributed by atoms with Crippen LogP contribution in [0.3, 0.4) is 0 Å². The number of alkyl halides is 6. The van der Waals surface area contributed by atoms with E-state index in [9.17, 15) is 31.1 Å². The molecule has 112 valence electrons. The first-order chi connectivity index (χ1) is 8.22. The van der Waals surface area contributed by atoms with E-state index in [1.165, 1.54) is 6.92 Å². The Morgan fingerprint density at radius 2 is 1.58 bits per heavy atom. The lowest BCUT2D eigenvalue weighted by atomic mass is 9.95. The molecule has 0 aliphatic carbocycles. The number of aliphatic hydroxyl groups is 1. The Labute approximate surface area is 104 Å². The predicted octanol–water partition coefficient (Wildman–Crippen LogP) is 2.74. The quantitative estimate of drug-likeness (QED) is 0.492. The monoisotopic (exact) mass is 294 g/mol. The van der Waals surface area contributed by atoms with E-state index in [4.69, 9.17) is 5.11 Å². The fourth-order valence-electron chi connectivity index (χ4n) is 1.13. The van der Waals surface area contributed by atoms with E-state index in [1.807, 2.05) is 0 Å². The van der Waals surface area contributed by atoms with Crippen LogP contribution in [0.15, 0.2) is 12.2 Å². The summed E-state index contributed by atoms with van der Waals surface area (Å²) in [5.74, 6) is -1.14. The van der Waals surface area contributed by atoms with Gasteiger partial charge in [-0.2, -0.15) is 26.3 Å². The SMILES string of the molecule is C=C(C)C(=O)O[C@@H](C)CC(O)(C(F)(F)F)C(F)(F)F. The number of rotatable bonds is 4. The maximum atomic E-state index is 12.3. The number of carbonyl (C=O) groups excluding carboxylic acids is 1. The van der Waals surface area contributed by atoms with Crippen molar-refractivity contribution in [3.8, 4) is 0 Å². The predicted molar refractivity (Wildman–Crippen MR) is 52.0 cm³/mol. The van der Waals surface area contributed by atoms with Gasteiger partial charge < -0.3 is 9.84 Å². The Kier molecular flexibility index (Phi) is 5.04. The van der Waals surface area contributed by atoms with E-state index in [1.54, 1.807) is 0 Å². The van der Waals surface area contributed by atoms with Crippen molar-refractivity contribution in [2.45, 2.75) is 44.3 Å². The molecule has 0 aliphatic heterocycles. The van der Waals surface area contributed by atoms with Crippen LogP contribution in [0, 0.1) is 0 Å². The average Bonchev–Trinajstić information content (AvgIpc) is 2.13. The van der Waals surface area contributed by atoms with Gasteiger partial charge in [-0.3, -0.25) is 0 Å². The summed E-state index contributed by atoms with van der Waals surface area (Å²) in [5.41, 5.74) is -5.12. The van der Waals surface area contributed by atoms with Crippen molar-refractivity contribution in [2.75, 3.05) is 0 Å². The van der Waals surface area contributed by atoms with Crippen LogP contribution in [0.25, 0.3) is 0 Å². The minimum atomic E-state index is -5.94. The lowest BCUT2D eigenvalue weighted by Crippen LogP contribution is -2.58. The van der Waals surface area contributed by atoms with Gasteiger partial charge in [-0.05, 0) is 13.8 Å². The molecule has 1 N–H and O–H groups in total. The fraction of sp³-hybridized carbons (Fsp3) is 0.700. The van der Waals surface area contributed by atoms with Gasteiger partial charge in [-0.25, -0.2) is 4.79 Å². The topological polar surface area (TPSA) is 46.5 Å². The standard InChI is InChI=1S/C10H12F6O3/c1-5(2)7(17)19-6(3)4-8(18,9(11,12)13)10(14,15)16/h6,18H,1,4H2,2-3H3/t6-/m0/s1. The number of esters is 1. The molecule has 0 fully saturated rings. The third kappa shape index (κ3) is 4.12. The minimum Gasteiger partial charge on any atom is -0.459 e. The number of hydrogen-bond acceptors (Lipinski definition) is 3. The summed E-state index contributed by atoms with van der Waals surface area (Å²) < 4.78 is 78.3. The van der Waals surface area contributed by atoms with E-state index in [0.717, 1.165) is 6.92 Å². The van der Waals surface area contributed by atoms with Gasteiger partial charge in [-0.15, -0.1) is 0 Å². The highest BCUT2D eigenvalue weighted by Crippen LogP contribution is 2.46. The molecule has 0 unspecified atom stereocenters. The highest BCUT2D eigenvalue weighted by molar-refractivity contribution is 5.87. The highest BCUT2D eigenvalue weighted by Gasteiger charge is 2.70. The van der Waals surface area contributed by atoms with E-state index in [0.29, 0.717) is 0 Å². The second kappa shape index (κ2) is 5.40. The largest absolute Gasteiger partial charge is 0.459 e. The molecule has 3 nitrogen and oxygen atoms in total. The molecule has 0 aliphatic rings. The van der Waals surface area contributed by atoms with Crippen LogP contribution >= 0.6 is 0 Å². The second-order valence-corrected chi connectivity index (χ2v) is 4.06. The summed E-state index contributed by atoms with van der Waals surface area (Å²) in [4.78, 5) is 11.0. The molecule has 9 heteroatoms. The Balaban J connectivity index is 5.07. The highest BCUT2D eigenvalue weighted by atomic mass is 19.4. The summed E-state index contributed by atoms with van der Waals surface area (Å²) in [6.07, 6.45) is -15.5. The van der Waals surface area contributed by atoms with Crippen molar-refractivity contribution in [2.24, 2.45) is 0 Å². The number of carbonyl (C=O) groups is 1. The maximum Gasteiger partial charge on any atom is 0.426 e. The van der Waals surface area contributed by atoms with E-state index in [2.05, 4.69) is 11.3 Å². The van der Waals surface area contributed by atoms with E-state index >= 15 is 0 Å². The first-order valence-electron chi connectivity index (χ1n) is 4.94. The molecule has 0 amide bonds. The van der Waals surface area contributed by atoms with Crippen molar-refractivity contribution >= 4 is 5.97 Å². The minimum absolute atomic E-state index is 0.186. The molecule has 0 saturated carbocycles. The van der Waals surface area contributed by atoms with Gasteiger partial charge in [0.05, 0.1) is 0 Å². The maximum absolute atomic E-state index is 12.3. The molecule has 0 aromatic heterocycles. The molecule has 0 aromatic rings. The zero-order valence-electron chi connectivity index (χ0n) is 10.0. The van der Waals surface area contributed by atoms with Gasteiger partial charge in [0.15, 0.2) is 0 Å². The molecular formula is C10H12F6O3. The molecule has 0 bridgehead atoms. The van der Waals surface area contributed by atoms with Crippen molar-refractivity contribution in [3.05, 3.63) is 12.2 Å². The number of ether oxygens (including phenoxy) is 1. The lowest BCUT2D eigenvalue weighted by Gasteiger charge is -2.33. The van der Waals surface area contributed by atoms with Crippen molar-refractivity contribution in [1.29, 1.82) is 0 Å². The van der Waals surface area contributed by atoms with Crippen molar-refractivity contribution in [3.63, 3.8) is 0 Å². The van der Waals surface area contributed by atoms with Gasteiger partial charge in [0.25, 0.3) is 5.60 Å². The Hall–Kier alpha value is -1.25.